The number of nitrogens with one attached hydrogen (secondary N) is 1. The van der Waals surface area contributed by atoms with E-state index in [-0.39, 0.29) is 17.3 Å². The highest BCUT2D eigenvalue weighted by atomic mass is 19.1. The van der Waals surface area contributed by atoms with Gasteiger partial charge in [0, 0.05) is 28.4 Å². The first-order chi connectivity index (χ1) is 15.8. The highest BCUT2D eigenvalue weighted by Gasteiger charge is 2.22. The molecule has 6 nitrogen and oxygen atoms in total. The number of benzene rings is 3. The van der Waals surface area contributed by atoms with E-state index >= 15 is 0 Å². The number of carboxylic acid groups (broad SMARTS) is 1. The Morgan fingerprint density at radius 2 is 1.79 bits per heavy atom. The fourth-order valence-electron chi connectivity index (χ4n) is 3.78. The molecule has 0 atom stereocenters. The third-order valence-corrected chi connectivity index (χ3v) is 5.37. The normalized spacial score (nSPS) is 11.0. The van der Waals surface area contributed by atoms with Crippen LogP contribution in [0.1, 0.15) is 41.3 Å². The van der Waals surface area contributed by atoms with Crippen LogP contribution < -0.4 is 10.5 Å². The number of halogens is 1. The molecule has 0 aliphatic rings. The Labute approximate surface area is 190 Å². The Hall–Kier alpha value is -4.26. The summed E-state index contributed by atoms with van der Waals surface area (Å²) >= 11 is 0. The van der Waals surface area contributed by atoms with E-state index in [2.05, 4.69) is 0 Å². The Balaban J connectivity index is 1.99. The topological polar surface area (TPSA) is 109 Å². The second-order valence-corrected chi connectivity index (χ2v) is 7.94. The van der Waals surface area contributed by atoms with Crippen LogP contribution >= 0.6 is 0 Å². The van der Waals surface area contributed by atoms with Crippen LogP contribution in [0.15, 0.2) is 60.7 Å². The molecule has 0 radical (unpaired) electrons. The van der Waals surface area contributed by atoms with Crippen molar-refractivity contribution in [3.63, 3.8) is 0 Å². The number of pyridine rings is 1. The SMILES string of the molecule is CC(C)c1c(Oc2ccc(C(=O)O)cc2)nc2cc(N)c(C=N)cc2c1-c1ccc(F)cc1. The van der Waals surface area contributed by atoms with Crippen LogP contribution in [0.4, 0.5) is 10.1 Å². The van der Waals surface area contributed by atoms with Crippen molar-refractivity contribution in [3.8, 4) is 22.8 Å². The first kappa shape index (κ1) is 22.0. The number of fused-ring (bicyclic) bond motifs is 1. The largest absolute Gasteiger partial charge is 0.478 e. The molecule has 4 rings (SSSR count). The average Bonchev–Trinajstić information content (AvgIpc) is 2.78. The Bertz CT molecular complexity index is 1360. The molecule has 1 heterocycles. The maximum absolute atomic E-state index is 13.7. The fourth-order valence-corrected chi connectivity index (χ4v) is 3.78. The summed E-state index contributed by atoms with van der Waals surface area (Å²) in [6.07, 6.45) is 1.19. The summed E-state index contributed by atoms with van der Waals surface area (Å²) in [5.74, 6) is -0.604. The summed E-state index contributed by atoms with van der Waals surface area (Å²) < 4.78 is 19.8. The molecule has 166 valence electrons. The second kappa shape index (κ2) is 8.70. The van der Waals surface area contributed by atoms with Crippen molar-refractivity contribution < 1.29 is 19.0 Å². The first-order valence-corrected chi connectivity index (χ1v) is 10.3. The van der Waals surface area contributed by atoms with Gasteiger partial charge in [0.05, 0.1) is 11.1 Å². The van der Waals surface area contributed by atoms with Crippen LogP contribution in [0.2, 0.25) is 0 Å². The van der Waals surface area contributed by atoms with Crippen molar-refractivity contribution in [2.24, 2.45) is 0 Å². The zero-order valence-electron chi connectivity index (χ0n) is 18.1. The van der Waals surface area contributed by atoms with Gasteiger partial charge in [-0.15, -0.1) is 0 Å². The van der Waals surface area contributed by atoms with E-state index in [4.69, 9.17) is 26.0 Å². The maximum atomic E-state index is 13.7. The minimum absolute atomic E-state index is 0.0174. The van der Waals surface area contributed by atoms with Crippen LogP contribution in [0.25, 0.3) is 22.0 Å². The maximum Gasteiger partial charge on any atom is 0.335 e. The first-order valence-electron chi connectivity index (χ1n) is 10.3. The molecule has 4 N–H and O–H groups in total. The van der Waals surface area contributed by atoms with Gasteiger partial charge in [-0.25, -0.2) is 14.2 Å². The number of aromatic nitrogens is 1. The Kier molecular flexibility index (Phi) is 5.79. The minimum Gasteiger partial charge on any atom is -0.478 e. The Morgan fingerprint density at radius 1 is 1.12 bits per heavy atom. The van der Waals surface area contributed by atoms with Gasteiger partial charge < -0.3 is 21.0 Å². The third-order valence-electron chi connectivity index (χ3n) is 5.37. The van der Waals surface area contributed by atoms with Crippen molar-refractivity contribution in [1.82, 2.24) is 4.98 Å². The lowest BCUT2D eigenvalue weighted by Gasteiger charge is -2.21. The molecule has 0 amide bonds. The number of ether oxygens (including phenoxy) is 1. The van der Waals surface area contributed by atoms with Gasteiger partial charge in [-0.05, 0) is 65.6 Å². The number of aromatic carboxylic acids is 1. The summed E-state index contributed by atoms with van der Waals surface area (Å²) in [7, 11) is 0. The number of nitrogen functional groups attached to an aromatic ring is 1. The third kappa shape index (κ3) is 4.25. The quantitative estimate of drug-likeness (QED) is 0.242. The van der Waals surface area contributed by atoms with Gasteiger partial charge in [-0.1, -0.05) is 26.0 Å². The van der Waals surface area contributed by atoms with E-state index in [0.29, 0.717) is 28.4 Å². The number of rotatable bonds is 6. The molecule has 0 saturated carbocycles. The molecule has 0 unspecified atom stereocenters. The molecule has 4 aromatic rings. The van der Waals surface area contributed by atoms with Gasteiger partial charge in [-0.2, -0.15) is 0 Å². The van der Waals surface area contributed by atoms with Crippen molar-refractivity contribution >= 4 is 28.8 Å². The number of carbonyl (C=O) groups is 1. The molecule has 7 heteroatoms. The van der Waals surface area contributed by atoms with E-state index < -0.39 is 5.97 Å². The molecule has 3 aromatic carbocycles. The standard InChI is InChI=1S/C26H22FN3O3/c1-14(2)23-24(15-3-7-18(27)8-4-15)20-11-17(13-28)21(29)12-22(20)30-25(23)33-19-9-5-16(6-10-19)26(31)32/h3-14,28H,29H2,1-2H3,(H,31,32). The summed E-state index contributed by atoms with van der Waals surface area (Å²) in [6.45, 7) is 4.01. The van der Waals surface area contributed by atoms with Gasteiger partial charge in [0.1, 0.15) is 11.6 Å². The summed E-state index contributed by atoms with van der Waals surface area (Å²) in [5, 5.41) is 17.6. The van der Waals surface area contributed by atoms with Crippen molar-refractivity contribution in [1.29, 1.82) is 5.41 Å². The lowest BCUT2D eigenvalue weighted by atomic mass is 9.89. The number of hydrogen-bond acceptors (Lipinski definition) is 5. The molecule has 0 spiro atoms. The number of hydrogen-bond donors (Lipinski definition) is 3. The molecule has 33 heavy (non-hydrogen) atoms. The zero-order valence-corrected chi connectivity index (χ0v) is 18.1. The predicted octanol–water partition coefficient (Wildman–Crippen LogP) is 6.23. The molecular formula is C26H22FN3O3. The lowest BCUT2D eigenvalue weighted by Crippen LogP contribution is -2.04. The van der Waals surface area contributed by atoms with Gasteiger partial charge in [-0.3, -0.25) is 0 Å². The van der Waals surface area contributed by atoms with Crippen LogP contribution in [0, 0.1) is 11.2 Å². The molecule has 1 aromatic heterocycles. The fraction of sp³-hybridized carbons (Fsp3) is 0.115. The van der Waals surface area contributed by atoms with Crippen LogP contribution in [0.5, 0.6) is 11.6 Å². The molecule has 0 aliphatic heterocycles. The molecule has 0 aliphatic carbocycles. The van der Waals surface area contributed by atoms with E-state index in [1.807, 2.05) is 13.8 Å². The monoisotopic (exact) mass is 443 g/mol. The van der Waals surface area contributed by atoms with Crippen molar-refractivity contribution in [2.75, 3.05) is 5.73 Å². The summed E-state index contributed by atoms with van der Waals surface area (Å²) in [6, 6.07) is 15.7. The summed E-state index contributed by atoms with van der Waals surface area (Å²) in [4.78, 5) is 15.9. The van der Waals surface area contributed by atoms with E-state index in [1.54, 1.807) is 36.4 Å². The molecule has 0 saturated heterocycles. The average molecular weight is 443 g/mol. The minimum atomic E-state index is -1.02. The highest BCUT2D eigenvalue weighted by Crippen LogP contribution is 2.42. The lowest BCUT2D eigenvalue weighted by molar-refractivity contribution is 0.0697. The zero-order chi connectivity index (χ0) is 23.7. The van der Waals surface area contributed by atoms with Gasteiger partial charge >= 0.3 is 5.97 Å². The van der Waals surface area contributed by atoms with Gasteiger partial charge in [0.25, 0.3) is 0 Å². The smallest absolute Gasteiger partial charge is 0.335 e. The molecule has 0 bridgehead atoms. The highest BCUT2D eigenvalue weighted by molar-refractivity contribution is 6.03. The number of anilines is 1. The van der Waals surface area contributed by atoms with Crippen molar-refractivity contribution in [2.45, 2.75) is 19.8 Å². The number of nitrogens with zero attached hydrogens (tertiary/aromatic N) is 1. The Morgan fingerprint density at radius 3 is 2.36 bits per heavy atom. The number of carboxylic acids is 1. The van der Waals surface area contributed by atoms with E-state index in [0.717, 1.165) is 22.1 Å². The van der Waals surface area contributed by atoms with E-state index in [9.17, 15) is 9.18 Å². The predicted molar refractivity (Wildman–Crippen MR) is 127 cm³/mol. The molecule has 0 fully saturated rings. The van der Waals surface area contributed by atoms with E-state index in [1.165, 1.54) is 30.5 Å². The summed E-state index contributed by atoms with van der Waals surface area (Å²) in [5.41, 5.74) is 10.2. The van der Waals surface area contributed by atoms with Crippen molar-refractivity contribution in [3.05, 3.63) is 83.2 Å². The van der Waals surface area contributed by atoms with Crippen LogP contribution in [-0.2, 0) is 0 Å². The second-order valence-electron chi connectivity index (χ2n) is 7.94. The van der Waals surface area contributed by atoms with Crippen LogP contribution in [0.3, 0.4) is 0 Å². The van der Waals surface area contributed by atoms with Gasteiger partial charge in [0.15, 0.2) is 0 Å². The van der Waals surface area contributed by atoms with Crippen LogP contribution in [-0.4, -0.2) is 22.3 Å². The van der Waals surface area contributed by atoms with Gasteiger partial charge in [0.2, 0.25) is 5.88 Å². The molecular weight excluding hydrogens is 421 g/mol. The number of nitrogens with two attached hydrogens (primary N) is 1.